The molecule has 4 aromatic rings. The third-order valence-electron chi connectivity index (χ3n) is 7.21. The van der Waals surface area contributed by atoms with E-state index in [4.69, 9.17) is 20.9 Å². The van der Waals surface area contributed by atoms with Crippen molar-refractivity contribution in [3.8, 4) is 11.5 Å². The first kappa shape index (κ1) is 27.6. The fraction of sp³-hybridized carbons (Fsp3) is 0.250. The third kappa shape index (κ3) is 5.84. The van der Waals surface area contributed by atoms with Crippen LogP contribution in [0.3, 0.4) is 0 Å². The van der Waals surface area contributed by atoms with Crippen molar-refractivity contribution in [2.24, 2.45) is 5.10 Å². The number of carbonyl (C=O) groups is 1. The van der Waals surface area contributed by atoms with Gasteiger partial charge >= 0.3 is 0 Å². The summed E-state index contributed by atoms with van der Waals surface area (Å²) in [6.45, 7) is 4.13. The van der Waals surface area contributed by atoms with Crippen LogP contribution < -0.4 is 20.9 Å². The smallest absolute Gasteiger partial charge is 0.243 e. The first-order chi connectivity index (χ1) is 19.8. The topological polar surface area (TPSA) is 129 Å². The predicted octanol–water partition coefficient (Wildman–Crippen LogP) is 4.76. The Morgan fingerprint density at radius 1 is 0.976 bits per heavy atom. The molecule has 0 fully saturated rings. The van der Waals surface area contributed by atoms with Gasteiger partial charge in [0.15, 0.2) is 11.5 Å². The highest BCUT2D eigenvalue weighted by molar-refractivity contribution is 5.87. The number of carbonyl (C=O) groups excluding carboxylic acids is 1. The number of benzene rings is 3. The molecule has 0 spiro atoms. The van der Waals surface area contributed by atoms with Crippen LogP contribution in [-0.4, -0.2) is 41.3 Å². The summed E-state index contributed by atoms with van der Waals surface area (Å²) >= 11 is 0. The number of hydrogen-bond acceptors (Lipinski definition) is 8. The van der Waals surface area contributed by atoms with Crippen LogP contribution in [0.15, 0.2) is 65.9 Å². The second-order valence-electron chi connectivity index (χ2n) is 10.2. The number of rotatable bonds is 8. The molecular formula is C32H34N6O3. The summed E-state index contributed by atoms with van der Waals surface area (Å²) in [5.74, 6) is 1.51. The van der Waals surface area contributed by atoms with E-state index in [0.29, 0.717) is 30.2 Å². The van der Waals surface area contributed by atoms with Crippen molar-refractivity contribution >= 4 is 23.9 Å². The number of hydrogen-bond donors (Lipinski definition) is 2. The Hall–Kier alpha value is -4.92. The number of nitrogens with two attached hydrogens (primary N) is 2. The Balaban J connectivity index is 1.44. The van der Waals surface area contributed by atoms with Gasteiger partial charge in [-0.15, -0.1) is 0 Å². The lowest BCUT2D eigenvalue weighted by atomic mass is 9.91. The van der Waals surface area contributed by atoms with Gasteiger partial charge in [-0.1, -0.05) is 59.7 Å². The minimum atomic E-state index is -0.321. The Morgan fingerprint density at radius 2 is 1.73 bits per heavy atom. The van der Waals surface area contributed by atoms with E-state index < -0.39 is 0 Å². The SMILES string of the molecule is COc1cc(Cc2cnc(N)nc2N)cc(CCC(=O)N2N=Cc3ccccc3[C@@H]2c2cc(C)cc(C)c2)c1OC. The van der Waals surface area contributed by atoms with Crippen molar-refractivity contribution in [1.82, 2.24) is 15.0 Å². The van der Waals surface area contributed by atoms with Gasteiger partial charge in [0, 0.05) is 30.2 Å². The van der Waals surface area contributed by atoms with Crippen LogP contribution >= 0.6 is 0 Å². The average molecular weight is 551 g/mol. The maximum atomic E-state index is 13.8. The highest BCUT2D eigenvalue weighted by Gasteiger charge is 2.31. The zero-order chi connectivity index (χ0) is 29.1. The van der Waals surface area contributed by atoms with E-state index in [0.717, 1.165) is 44.5 Å². The number of anilines is 2. The second-order valence-corrected chi connectivity index (χ2v) is 10.2. The fourth-order valence-electron chi connectivity index (χ4n) is 5.44. The van der Waals surface area contributed by atoms with Gasteiger partial charge in [0.1, 0.15) is 11.9 Å². The Bertz CT molecular complexity index is 1610. The molecule has 3 aromatic carbocycles. The van der Waals surface area contributed by atoms with Crippen molar-refractivity contribution < 1.29 is 14.3 Å². The molecule has 0 saturated carbocycles. The second kappa shape index (κ2) is 11.7. The zero-order valence-electron chi connectivity index (χ0n) is 23.7. The lowest BCUT2D eigenvalue weighted by Gasteiger charge is -2.32. The zero-order valence-corrected chi connectivity index (χ0v) is 23.7. The predicted molar refractivity (Wildman–Crippen MR) is 160 cm³/mol. The van der Waals surface area contributed by atoms with Crippen LogP contribution in [-0.2, 0) is 17.6 Å². The molecule has 0 radical (unpaired) electrons. The molecule has 9 nitrogen and oxygen atoms in total. The number of hydrazone groups is 1. The number of nitrogens with zero attached hydrogens (tertiary/aromatic N) is 4. The number of ether oxygens (including phenoxy) is 2. The van der Waals surface area contributed by atoms with Gasteiger partial charge in [0.2, 0.25) is 11.9 Å². The molecule has 0 bridgehead atoms. The number of methoxy groups -OCH3 is 2. The minimum absolute atomic E-state index is 0.0949. The molecule has 1 aromatic heterocycles. The van der Waals surface area contributed by atoms with E-state index in [1.807, 2.05) is 30.3 Å². The maximum absolute atomic E-state index is 13.8. The first-order valence-corrected chi connectivity index (χ1v) is 13.4. The Kier molecular flexibility index (Phi) is 7.87. The fourth-order valence-corrected chi connectivity index (χ4v) is 5.44. The summed E-state index contributed by atoms with van der Waals surface area (Å²) in [5, 5.41) is 6.24. The van der Waals surface area contributed by atoms with Crippen LogP contribution in [0, 0.1) is 13.8 Å². The number of fused-ring (bicyclic) bond motifs is 1. The van der Waals surface area contributed by atoms with E-state index in [1.54, 1.807) is 31.6 Å². The summed E-state index contributed by atoms with van der Waals surface area (Å²) in [7, 11) is 3.18. The van der Waals surface area contributed by atoms with E-state index in [-0.39, 0.29) is 24.3 Å². The Morgan fingerprint density at radius 3 is 2.44 bits per heavy atom. The number of amides is 1. The minimum Gasteiger partial charge on any atom is -0.493 e. The lowest BCUT2D eigenvalue weighted by Crippen LogP contribution is -2.34. The molecule has 4 N–H and O–H groups in total. The van der Waals surface area contributed by atoms with Crippen LogP contribution in [0.2, 0.25) is 0 Å². The highest BCUT2D eigenvalue weighted by atomic mass is 16.5. The molecule has 5 rings (SSSR count). The molecule has 0 unspecified atom stereocenters. The lowest BCUT2D eigenvalue weighted by molar-refractivity contribution is -0.133. The van der Waals surface area contributed by atoms with Crippen LogP contribution in [0.4, 0.5) is 11.8 Å². The summed E-state index contributed by atoms with van der Waals surface area (Å²) in [4.78, 5) is 22.0. The monoisotopic (exact) mass is 550 g/mol. The highest BCUT2D eigenvalue weighted by Crippen LogP contribution is 2.37. The molecule has 1 amide bonds. The van der Waals surface area contributed by atoms with E-state index >= 15 is 0 Å². The van der Waals surface area contributed by atoms with Crippen LogP contribution in [0.25, 0.3) is 0 Å². The summed E-state index contributed by atoms with van der Waals surface area (Å²) in [5.41, 5.74) is 19.6. The molecule has 0 aliphatic carbocycles. The van der Waals surface area contributed by atoms with Crippen molar-refractivity contribution in [2.45, 2.75) is 39.2 Å². The molecule has 1 aliphatic rings. The molecule has 2 heterocycles. The molecule has 1 atom stereocenters. The number of aromatic nitrogens is 2. The average Bonchev–Trinajstić information content (AvgIpc) is 2.95. The van der Waals surface area contributed by atoms with Crippen LogP contribution in [0.1, 0.15) is 57.0 Å². The summed E-state index contributed by atoms with van der Waals surface area (Å²) < 4.78 is 11.3. The van der Waals surface area contributed by atoms with Gasteiger partial charge < -0.3 is 20.9 Å². The standard InChI is InChI=1S/C32H34N6O3/c1-19-11-20(2)13-24(12-19)29-26-8-6-5-7-23(26)18-36-38(29)28(39)10-9-22-14-21(16-27(40-3)30(22)41-4)15-25-17-35-32(34)37-31(25)33/h5-8,11-14,16-18,29H,9-10,15H2,1-4H3,(H4,33,34,35,37)/t29-/m0/s1. The van der Waals surface area contributed by atoms with Gasteiger partial charge in [-0.05, 0) is 48.6 Å². The molecular weight excluding hydrogens is 516 g/mol. The van der Waals surface area contributed by atoms with E-state index in [9.17, 15) is 4.79 Å². The number of aryl methyl sites for hydroxylation is 3. The van der Waals surface area contributed by atoms with Gasteiger partial charge in [0.25, 0.3) is 0 Å². The molecule has 1 aliphatic heterocycles. The van der Waals surface area contributed by atoms with Crippen LogP contribution in [0.5, 0.6) is 11.5 Å². The van der Waals surface area contributed by atoms with Gasteiger partial charge in [-0.3, -0.25) is 4.79 Å². The van der Waals surface area contributed by atoms with Crippen molar-refractivity contribution in [3.63, 3.8) is 0 Å². The van der Waals surface area contributed by atoms with E-state index in [2.05, 4.69) is 53.2 Å². The molecule has 9 heteroatoms. The van der Waals surface area contributed by atoms with Crippen molar-refractivity contribution in [3.05, 3.63) is 105 Å². The molecule has 41 heavy (non-hydrogen) atoms. The Labute approximate surface area is 239 Å². The van der Waals surface area contributed by atoms with Crippen molar-refractivity contribution in [1.29, 1.82) is 0 Å². The summed E-state index contributed by atoms with van der Waals surface area (Å²) in [6, 6.07) is 18.0. The first-order valence-electron chi connectivity index (χ1n) is 13.4. The number of nitrogen functional groups attached to an aromatic ring is 2. The van der Waals surface area contributed by atoms with Crippen molar-refractivity contribution in [2.75, 3.05) is 25.7 Å². The quantitative estimate of drug-likeness (QED) is 0.323. The largest absolute Gasteiger partial charge is 0.493 e. The third-order valence-corrected chi connectivity index (χ3v) is 7.21. The molecule has 210 valence electrons. The molecule has 0 saturated heterocycles. The van der Waals surface area contributed by atoms with E-state index in [1.165, 1.54) is 0 Å². The summed E-state index contributed by atoms with van der Waals surface area (Å²) in [6.07, 6.45) is 4.49. The van der Waals surface area contributed by atoms with Gasteiger partial charge in [-0.2, -0.15) is 10.1 Å². The maximum Gasteiger partial charge on any atom is 0.243 e. The normalized spacial score (nSPS) is 14.0. The van der Waals surface area contributed by atoms with Gasteiger partial charge in [-0.25, -0.2) is 9.99 Å². The van der Waals surface area contributed by atoms with Gasteiger partial charge in [0.05, 0.1) is 20.4 Å².